The number of phenols is 1. The van der Waals surface area contributed by atoms with Gasteiger partial charge in [-0.25, -0.2) is 0 Å². The number of aliphatic hydroxyl groups is 1. The minimum Gasteiger partial charge on any atom is -0.504 e. The third-order valence-electron chi connectivity index (χ3n) is 12.0. The first-order valence-corrected chi connectivity index (χ1v) is 16.3. The van der Waals surface area contributed by atoms with E-state index in [1.807, 2.05) is 0 Å². The zero-order valence-electron chi connectivity index (χ0n) is 28.7. The average Bonchev–Trinajstić information content (AvgIpc) is 3.51. The molecule has 0 amide bonds. The molecule has 0 bridgehead atoms. The molecular formula is C38H53ClN2O4. The largest absolute Gasteiger partial charge is 0.504 e. The van der Waals surface area contributed by atoms with Crippen molar-refractivity contribution >= 4 is 12.4 Å². The van der Waals surface area contributed by atoms with Crippen molar-refractivity contribution in [1.82, 2.24) is 9.80 Å². The fraction of sp³-hybridized carbons (Fsp3) is 0.579. The Morgan fingerprint density at radius 3 is 1.58 bits per heavy atom. The van der Waals surface area contributed by atoms with Gasteiger partial charge in [-0.3, -0.25) is 0 Å². The predicted octanol–water partition coefficient (Wildman–Crippen LogP) is 6.07. The molecule has 246 valence electrons. The van der Waals surface area contributed by atoms with Crippen LogP contribution in [0.2, 0.25) is 0 Å². The fourth-order valence-corrected chi connectivity index (χ4v) is 9.89. The minimum absolute atomic E-state index is 0. The zero-order valence-corrected chi connectivity index (χ0v) is 29.5. The van der Waals surface area contributed by atoms with Crippen LogP contribution in [0, 0.1) is 30.6 Å². The van der Waals surface area contributed by atoms with Crippen LogP contribution in [0.25, 0.3) is 0 Å². The van der Waals surface area contributed by atoms with Crippen molar-refractivity contribution in [2.24, 2.45) is 23.7 Å². The molecule has 0 fully saturated rings. The van der Waals surface area contributed by atoms with Gasteiger partial charge in [-0.15, -0.1) is 12.4 Å². The van der Waals surface area contributed by atoms with E-state index in [0.29, 0.717) is 41.5 Å². The van der Waals surface area contributed by atoms with E-state index in [-0.39, 0.29) is 35.4 Å². The summed E-state index contributed by atoms with van der Waals surface area (Å²) in [5, 5.41) is 17.2. The Morgan fingerprint density at radius 1 is 0.689 bits per heavy atom. The van der Waals surface area contributed by atoms with Gasteiger partial charge in [0.15, 0.2) is 11.5 Å². The van der Waals surface area contributed by atoms with Crippen LogP contribution in [0.4, 0.5) is 0 Å². The van der Waals surface area contributed by atoms with Crippen LogP contribution in [0.1, 0.15) is 55.5 Å². The summed E-state index contributed by atoms with van der Waals surface area (Å²) < 4.78 is 12.8. The first-order chi connectivity index (χ1) is 20.9. The molecule has 2 aromatic rings. The maximum Gasteiger partial charge on any atom is 0.165 e. The molecule has 45 heavy (non-hydrogen) atoms. The lowest BCUT2D eigenvalue weighted by Crippen LogP contribution is -2.56. The molecule has 0 saturated heterocycles. The third-order valence-corrected chi connectivity index (χ3v) is 12.0. The molecule has 0 radical (unpaired) electrons. The lowest BCUT2D eigenvalue weighted by Gasteiger charge is -2.50. The van der Waals surface area contributed by atoms with Crippen LogP contribution in [-0.4, -0.2) is 79.6 Å². The van der Waals surface area contributed by atoms with Gasteiger partial charge in [0.05, 0.1) is 0 Å². The van der Waals surface area contributed by atoms with Gasteiger partial charge in [0.25, 0.3) is 0 Å². The number of aryl methyl sites for hydroxylation is 1. The van der Waals surface area contributed by atoms with Crippen LogP contribution in [0.3, 0.4) is 0 Å². The molecule has 7 heteroatoms. The van der Waals surface area contributed by atoms with Crippen LogP contribution < -0.4 is 9.47 Å². The topological polar surface area (TPSA) is 65.4 Å². The van der Waals surface area contributed by atoms with Crippen molar-refractivity contribution in [2.45, 2.75) is 82.6 Å². The van der Waals surface area contributed by atoms with Gasteiger partial charge in [-0.1, -0.05) is 70.2 Å². The Kier molecular flexibility index (Phi) is 8.98. The summed E-state index contributed by atoms with van der Waals surface area (Å²) >= 11 is 0. The van der Waals surface area contributed by atoms with Crippen molar-refractivity contribution in [3.63, 3.8) is 0 Å². The summed E-state index contributed by atoms with van der Waals surface area (Å²) in [5.74, 6) is 4.03. The highest BCUT2D eigenvalue weighted by molar-refractivity contribution is 5.85. The molecule has 2 aromatic carbocycles. The fourth-order valence-electron chi connectivity index (χ4n) is 9.89. The SMILES string of the molecule is CO.C[C@H]1C=CC2[C@H](N(C)C)Cc3ccc(O)c4c3[C@@]2(C)[C@H]1O4.Cc1ccc2c3c1O[C@H]1[C@@H](C)C=CC([C@H](N(C)C)C2)[C@@]31C.Cl. The number of hydrogen-bond acceptors (Lipinski definition) is 6. The van der Waals surface area contributed by atoms with Gasteiger partial charge >= 0.3 is 0 Å². The Morgan fingerprint density at radius 2 is 1.11 bits per heavy atom. The number of ether oxygens (including phenoxy) is 2. The van der Waals surface area contributed by atoms with E-state index in [4.69, 9.17) is 14.6 Å². The van der Waals surface area contributed by atoms with E-state index in [9.17, 15) is 5.11 Å². The molecule has 0 aromatic heterocycles. The van der Waals surface area contributed by atoms with E-state index in [1.165, 1.54) is 33.6 Å². The quantitative estimate of drug-likeness (QED) is 0.390. The second-order valence-corrected chi connectivity index (χ2v) is 14.8. The number of phenolic OH excluding ortho intramolecular Hbond substituents is 1. The lowest BCUT2D eigenvalue weighted by molar-refractivity contribution is 0.0458. The van der Waals surface area contributed by atoms with Gasteiger partial charge in [-0.05, 0) is 70.7 Å². The van der Waals surface area contributed by atoms with Crippen molar-refractivity contribution in [3.8, 4) is 17.2 Å². The van der Waals surface area contributed by atoms with Crippen LogP contribution >= 0.6 is 12.4 Å². The number of halogens is 1. The monoisotopic (exact) mass is 636 g/mol. The second kappa shape index (κ2) is 11.9. The average molecular weight is 637 g/mol. The number of likely N-dealkylation sites (N-methyl/N-ethyl adjacent to an activating group) is 2. The van der Waals surface area contributed by atoms with Crippen molar-refractivity contribution in [3.05, 3.63) is 76.4 Å². The molecule has 6 aliphatic rings. The van der Waals surface area contributed by atoms with E-state index in [1.54, 1.807) is 6.07 Å². The Bertz CT molecular complexity index is 1390. The van der Waals surface area contributed by atoms with Crippen LogP contribution in [0.15, 0.2) is 48.6 Å². The van der Waals surface area contributed by atoms with E-state index in [2.05, 4.69) is 115 Å². The molecule has 2 heterocycles. The highest BCUT2D eigenvalue weighted by atomic mass is 35.5. The van der Waals surface area contributed by atoms with Gasteiger partial charge in [0, 0.05) is 64.8 Å². The Labute approximate surface area is 276 Å². The number of rotatable bonds is 2. The van der Waals surface area contributed by atoms with Crippen molar-refractivity contribution < 1.29 is 19.7 Å². The van der Waals surface area contributed by atoms with Crippen molar-refractivity contribution in [2.75, 3.05) is 35.3 Å². The van der Waals surface area contributed by atoms with Gasteiger partial charge in [-0.2, -0.15) is 0 Å². The molecule has 8 rings (SSSR count). The van der Waals surface area contributed by atoms with Gasteiger partial charge < -0.3 is 29.5 Å². The Balaban J connectivity index is 0.000000165. The number of aromatic hydroxyl groups is 1. The normalized spacial score (nSPS) is 36.8. The number of aliphatic hydroxyl groups excluding tert-OH is 1. The second-order valence-electron chi connectivity index (χ2n) is 14.8. The molecule has 10 atom stereocenters. The summed E-state index contributed by atoms with van der Waals surface area (Å²) in [6, 6.07) is 9.49. The van der Waals surface area contributed by atoms with Gasteiger partial charge in [0.1, 0.15) is 18.0 Å². The summed E-state index contributed by atoms with van der Waals surface area (Å²) in [6.07, 6.45) is 12.1. The van der Waals surface area contributed by atoms with Gasteiger partial charge in [0.2, 0.25) is 0 Å². The molecule has 0 spiro atoms. The third kappa shape index (κ3) is 4.69. The number of nitrogens with zero attached hydrogens (tertiary/aromatic N) is 2. The maximum atomic E-state index is 10.2. The smallest absolute Gasteiger partial charge is 0.165 e. The first kappa shape index (κ1) is 33.8. The first-order valence-electron chi connectivity index (χ1n) is 16.3. The Hall–Kier alpha value is -2.51. The molecular weight excluding hydrogens is 584 g/mol. The summed E-state index contributed by atoms with van der Waals surface area (Å²) in [7, 11) is 9.75. The van der Waals surface area contributed by atoms with Crippen LogP contribution in [0.5, 0.6) is 17.2 Å². The summed E-state index contributed by atoms with van der Waals surface area (Å²) in [6.45, 7) is 11.5. The maximum absolute atomic E-state index is 10.2. The zero-order chi connectivity index (χ0) is 31.9. The molecule has 2 N–H and O–H groups in total. The lowest BCUT2D eigenvalue weighted by atomic mass is 9.56. The standard InChI is InChI=1S/C19H25NO.C18H23NO2.CH4O.ClH/c1-11-6-8-13-10-15(20(4)5)14-9-7-12(2)18-19(14,3)16(13)17(11)21-18;1-10-5-7-12-13(19(3)4)9-11-6-8-14(20)16-15(11)18(12,2)17(10)21-16;1-2;/h6-9,12,14-15,18H,10H2,1-5H3;5-8,10,12-13,17,20H,9H2,1-4H3;2H,1H3;1H/t12-,14?,15+,18-,19-;10-,12?,13+,17-,18-;;/m00../s1. The molecule has 2 aliphatic heterocycles. The van der Waals surface area contributed by atoms with Crippen LogP contribution in [-0.2, 0) is 23.7 Å². The predicted molar refractivity (Wildman–Crippen MR) is 184 cm³/mol. The number of benzene rings is 2. The highest BCUT2D eigenvalue weighted by Crippen LogP contribution is 2.60. The molecule has 4 aliphatic carbocycles. The molecule has 6 nitrogen and oxygen atoms in total. The summed E-state index contributed by atoms with van der Waals surface area (Å²) in [5.41, 5.74) is 6.98. The van der Waals surface area contributed by atoms with E-state index < -0.39 is 0 Å². The minimum atomic E-state index is -0.0369. The van der Waals surface area contributed by atoms with Crippen molar-refractivity contribution in [1.29, 1.82) is 0 Å². The number of hydrogen-bond donors (Lipinski definition) is 2. The highest BCUT2D eigenvalue weighted by Gasteiger charge is 2.60. The summed E-state index contributed by atoms with van der Waals surface area (Å²) in [4.78, 5) is 4.73. The van der Waals surface area contributed by atoms with E-state index >= 15 is 0 Å². The van der Waals surface area contributed by atoms with E-state index in [0.717, 1.165) is 25.7 Å². The molecule has 2 unspecified atom stereocenters. The molecule has 0 saturated carbocycles.